The fourth-order valence-electron chi connectivity index (χ4n) is 2.31. The molecule has 2 heterocycles. The number of nitrogens with zero attached hydrogens (tertiary/aromatic N) is 3. The van der Waals surface area contributed by atoms with Crippen molar-refractivity contribution in [2.24, 2.45) is 0 Å². The number of aryl methyl sites for hydroxylation is 1. The molecular weight excluding hydrogens is 368 g/mol. The van der Waals surface area contributed by atoms with Crippen LogP contribution in [0.25, 0.3) is 0 Å². The number of benzene rings is 1. The Bertz CT molecular complexity index is 886. The van der Waals surface area contributed by atoms with E-state index in [0.717, 1.165) is 11.3 Å². The first kappa shape index (κ1) is 18.9. The summed E-state index contributed by atoms with van der Waals surface area (Å²) >= 11 is 6.01. The van der Waals surface area contributed by atoms with E-state index in [4.69, 9.17) is 21.1 Å². The highest BCUT2D eigenvalue weighted by atomic mass is 35.5. The molecule has 0 unspecified atom stereocenters. The van der Waals surface area contributed by atoms with Crippen LogP contribution >= 0.6 is 11.6 Å². The number of aromatic amines is 1. The first-order valence-corrected chi connectivity index (χ1v) is 8.78. The standard InChI is InChI=1S/C18H21ClN6O2/c1-12-8-17(25-24-12)21-16-10-15(20-6-7-26-2)22-18(23-16)27-11-13-4-3-5-14(19)9-13/h3-5,8-10H,6-7,11H2,1-2H3,(H3,20,21,22,23,24,25). The number of hydrogen-bond acceptors (Lipinski definition) is 7. The van der Waals surface area contributed by atoms with Gasteiger partial charge < -0.3 is 20.1 Å². The number of H-pyrrole nitrogens is 1. The van der Waals surface area contributed by atoms with Crippen LogP contribution < -0.4 is 15.4 Å². The lowest BCUT2D eigenvalue weighted by atomic mass is 10.2. The summed E-state index contributed by atoms with van der Waals surface area (Å²) in [5.41, 5.74) is 1.88. The molecule has 0 amide bonds. The Balaban J connectivity index is 1.75. The highest BCUT2D eigenvalue weighted by molar-refractivity contribution is 6.30. The predicted molar refractivity (Wildman–Crippen MR) is 105 cm³/mol. The van der Waals surface area contributed by atoms with Gasteiger partial charge in [-0.25, -0.2) is 0 Å². The minimum Gasteiger partial charge on any atom is -0.458 e. The van der Waals surface area contributed by atoms with Gasteiger partial charge in [-0.3, -0.25) is 5.10 Å². The molecule has 0 saturated carbocycles. The van der Waals surface area contributed by atoms with E-state index >= 15 is 0 Å². The van der Waals surface area contributed by atoms with Crippen LogP contribution in [0, 0.1) is 6.92 Å². The Morgan fingerprint density at radius 3 is 2.70 bits per heavy atom. The highest BCUT2D eigenvalue weighted by Gasteiger charge is 2.08. The van der Waals surface area contributed by atoms with Gasteiger partial charge in [0, 0.05) is 36.5 Å². The quantitative estimate of drug-likeness (QED) is 0.482. The first-order valence-electron chi connectivity index (χ1n) is 8.40. The summed E-state index contributed by atoms with van der Waals surface area (Å²) in [5, 5.41) is 14.0. The van der Waals surface area contributed by atoms with Gasteiger partial charge in [-0.2, -0.15) is 15.1 Å². The second kappa shape index (κ2) is 9.20. The second-order valence-corrected chi connectivity index (χ2v) is 6.26. The van der Waals surface area contributed by atoms with Gasteiger partial charge >= 0.3 is 6.01 Å². The topological polar surface area (TPSA) is 97.0 Å². The van der Waals surface area contributed by atoms with E-state index in [2.05, 4.69) is 30.8 Å². The molecule has 142 valence electrons. The average molecular weight is 389 g/mol. The predicted octanol–water partition coefficient (Wildman–Crippen LogP) is 3.54. The van der Waals surface area contributed by atoms with Gasteiger partial charge in [0.15, 0.2) is 5.82 Å². The van der Waals surface area contributed by atoms with Crippen LogP contribution in [0.3, 0.4) is 0 Å². The molecular formula is C18H21ClN6O2. The minimum atomic E-state index is 0.243. The number of anilines is 3. The first-order chi connectivity index (χ1) is 13.1. The molecule has 0 radical (unpaired) electrons. The summed E-state index contributed by atoms with van der Waals surface area (Å²) in [6.45, 7) is 3.41. The molecule has 2 aromatic heterocycles. The van der Waals surface area contributed by atoms with Crippen molar-refractivity contribution in [2.75, 3.05) is 30.9 Å². The largest absolute Gasteiger partial charge is 0.458 e. The van der Waals surface area contributed by atoms with Crippen LogP contribution in [0.5, 0.6) is 6.01 Å². The molecule has 1 aromatic carbocycles. The van der Waals surface area contributed by atoms with Gasteiger partial charge in [0.25, 0.3) is 0 Å². The Morgan fingerprint density at radius 2 is 1.96 bits per heavy atom. The lowest BCUT2D eigenvalue weighted by molar-refractivity contribution is 0.210. The summed E-state index contributed by atoms with van der Waals surface area (Å²) in [7, 11) is 1.65. The fraction of sp³-hybridized carbons (Fsp3) is 0.278. The maximum absolute atomic E-state index is 6.01. The van der Waals surface area contributed by atoms with Crippen LogP contribution in [0.15, 0.2) is 36.4 Å². The average Bonchev–Trinajstić information content (AvgIpc) is 3.05. The number of halogens is 1. The number of methoxy groups -OCH3 is 1. The van der Waals surface area contributed by atoms with Crippen molar-refractivity contribution < 1.29 is 9.47 Å². The van der Waals surface area contributed by atoms with Gasteiger partial charge in [-0.05, 0) is 24.6 Å². The van der Waals surface area contributed by atoms with E-state index < -0.39 is 0 Å². The molecule has 8 nitrogen and oxygen atoms in total. The minimum absolute atomic E-state index is 0.243. The lowest BCUT2D eigenvalue weighted by Crippen LogP contribution is -2.11. The van der Waals surface area contributed by atoms with Crippen molar-refractivity contribution in [3.8, 4) is 6.01 Å². The number of hydrogen-bond donors (Lipinski definition) is 3. The molecule has 0 saturated heterocycles. The zero-order valence-corrected chi connectivity index (χ0v) is 15.9. The Kier molecular flexibility index (Phi) is 6.45. The zero-order valence-electron chi connectivity index (χ0n) is 15.1. The summed E-state index contributed by atoms with van der Waals surface area (Å²) in [4.78, 5) is 8.79. The highest BCUT2D eigenvalue weighted by Crippen LogP contribution is 2.20. The van der Waals surface area contributed by atoms with Crippen molar-refractivity contribution in [3.63, 3.8) is 0 Å². The summed E-state index contributed by atoms with van der Waals surface area (Å²) in [5.74, 6) is 1.85. The molecule has 0 spiro atoms. The lowest BCUT2D eigenvalue weighted by Gasteiger charge is -2.11. The molecule has 0 fully saturated rings. The smallest absolute Gasteiger partial charge is 0.320 e. The maximum Gasteiger partial charge on any atom is 0.320 e. The van der Waals surface area contributed by atoms with Gasteiger partial charge in [-0.1, -0.05) is 23.7 Å². The molecule has 0 bridgehead atoms. The van der Waals surface area contributed by atoms with Gasteiger partial charge in [0.1, 0.15) is 18.2 Å². The van der Waals surface area contributed by atoms with Crippen LogP contribution in [-0.2, 0) is 11.3 Å². The molecule has 0 aliphatic rings. The molecule has 3 aromatic rings. The molecule has 3 rings (SSSR count). The van der Waals surface area contributed by atoms with E-state index in [-0.39, 0.29) is 6.01 Å². The number of aromatic nitrogens is 4. The van der Waals surface area contributed by atoms with Crippen molar-refractivity contribution in [3.05, 3.63) is 52.7 Å². The number of nitrogens with one attached hydrogen (secondary N) is 3. The summed E-state index contributed by atoms with van der Waals surface area (Å²) in [6.07, 6.45) is 0. The van der Waals surface area contributed by atoms with Crippen LogP contribution in [0.4, 0.5) is 17.5 Å². The molecule has 0 aliphatic carbocycles. The Morgan fingerprint density at radius 1 is 1.11 bits per heavy atom. The van der Waals surface area contributed by atoms with Gasteiger partial charge in [0.2, 0.25) is 0 Å². The van der Waals surface area contributed by atoms with Crippen LogP contribution in [0.1, 0.15) is 11.3 Å². The van der Waals surface area contributed by atoms with E-state index in [1.807, 2.05) is 37.3 Å². The van der Waals surface area contributed by atoms with Gasteiger partial charge in [-0.15, -0.1) is 0 Å². The molecule has 27 heavy (non-hydrogen) atoms. The summed E-state index contributed by atoms with van der Waals surface area (Å²) in [6, 6.07) is 11.4. The van der Waals surface area contributed by atoms with E-state index in [1.165, 1.54) is 0 Å². The number of rotatable bonds is 9. The van der Waals surface area contributed by atoms with Crippen molar-refractivity contribution in [1.82, 2.24) is 20.2 Å². The fourth-order valence-corrected chi connectivity index (χ4v) is 2.53. The van der Waals surface area contributed by atoms with Crippen LogP contribution in [-0.4, -0.2) is 40.4 Å². The Labute approximate surface area is 162 Å². The molecule has 0 aliphatic heterocycles. The summed E-state index contributed by atoms with van der Waals surface area (Å²) < 4.78 is 10.8. The SMILES string of the molecule is COCCNc1cc(Nc2cc(C)[nH]n2)nc(OCc2cccc(Cl)c2)n1. The maximum atomic E-state index is 6.01. The third-order valence-electron chi connectivity index (χ3n) is 3.54. The molecule has 0 atom stereocenters. The van der Waals surface area contributed by atoms with E-state index in [9.17, 15) is 0 Å². The third-order valence-corrected chi connectivity index (χ3v) is 3.77. The van der Waals surface area contributed by atoms with Gasteiger partial charge in [0.05, 0.1) is 6.61 Å². The second-order valence-electron chi connectivity index (χ2n) is 5.82. The monoisotopic (exact) mass is 388 g/mol. The molecule has 9 heteroatoms. The molecule has 3 N–H and O–H groups in total. The normalized spacial score (nSPS) is 10.6. The third kappa shape index (κ3) is 5.83. The van der Waals surface area contributed by atoms with Crippen molar-refractivity contribution in [2.45, 2.75) is 13.5 Å². The Hall–Kier alpha value is -2.84. The van der Waals surface area contributed by atoms with E-state index in [1.54, 1.807) is 13.2 Å². The van der Waals surface area contributed by atoms with E-state index in [0.29, 0.717) is 42.2 Å². The van der Waals surface area contributed by atoms with Crippen molar-refractivity contribution in [1.29, 1.82) is 0 Å². The number of ether oxygens (including phenoxy) is 2. The van der Waals surface area contributed by atoms with Crippen molar-refractivity contribution >= 4 is 29.1 Å². The van der Waals surface area contributed by atoms with Crippen LogP contribution in [0.2, 0.25) is 5.02 Å². The zero-order chi connectivity index (χ0) is 19.1.